The molecule has 4 N–H and O–H groups in total. The molecule has 104 valence electrons. The quantitative estimate of drug-likeness (QED) is 0.449. The van der Waals surface area contributed by atoms with Gasteiger partial charge >= 0.3 is 0 Å². The number of anilines is 3. The third-order valence-corrected chi connectivity index (χ3v) is 3.27. The first kappa shape index (κ1) is 14.3. The molecule has 0 saturated carbocycles. The summed E-state index contributed by atoms with van der Waals surface area (Å²) in [7, 11) is 0. The number of hydrogen-bond acceptors (Lipinski definition) is 5. The van der Waals surface area contributed by atoms with E-state index in [9.17, 15) is 10.1 Å². The smallest absolute Gasteiger partial charge is 0.273 e. The zero-order valence-corrected chi connectivity index (χ0v) is 12.3. The number of nitrogens with zero attached hydrogens (tertiary/aromatic N) is 1. The fourth-order valence-electron chi connectivity index (χ4n) is 1.76. The van der Waals surface area contributed by atoms with Crippen LogP contribution in [0.5, 0.6) is 0 Å². The van der Waals surface area contributed by atoms with Gasteiger partial charge in [0.15, 0.2) is 0 Å². The molecule has 7 heteroatoms. The second-order valence-corrected chi connectivity index (χ2v) is 5.17. The van der Waals surface area contributed by atoms with E-state index in [0.29, 0.717) is 11.4 Å². The van der Waals surface area contributed by atoms with E-state index in [1.807, 2.05) is 25.1 Å². The highest BCUT2D eigenvalue weighted by molar-refractivity contribution is 9.10. The van der Waals surface area contributed by atoms with Crippen molar-refractivity contribution in [3.63, 3.8) is 0 Å². The maximum Gasteiger partial charge on any atom is 0.273 e. The lowest BCUT2D eigenvalue weighted by atomic mass is 10.2. The maximum absolute atomic E-state index is 10.9. The van der Waals surface area contributed by atoms with Gasteiger partial charge in [0, 0.05) is 28.0 Å². The summed E-state index contributed by atoms with van der Waals surface area (Å²) in [5.41, 5.74) is 5.34. The third-order valence-electron chi connectivity index (χ3n) is 2.77. The van der Waals surface area contributed by atoms with Crippen LogP contribution in [0.25, 0.3) is 0 Å². The van der Waals surface area contributed by atoms with Gasteiger partial charge in [-0.1, -0.05) is 22.0 Å². The van der Waals surface area contributed by atoms with Crippen LogP contribution < -0.4 is 16.6 Å². The molecule has 20 heavy (non-hydrogen) atoms. The van der Waals surface area contributed by atoms with Crippen molar-refractivity contribution in [2.45, 2.75) is 6.92 Å². The highest BCUT2D eigenvalue weighted by Crippen LogP contribution is 2.29. The van der Waals surface area contributed by atoms with E-state index in [0.717, 1.165) is 15.7 Å². The summed E-state index contributed by atoms with van der Waals surface area (Å²) in [6, 6.07) is 10.3. The van der Waals surface area contributed by atoms with Crippen molar-refractivity contribution >= 4 is 38.7 Å². The first-order valence-corrected chi connectivity index (χ1v) is 6.58. The molecule has 0 unspecified atom stereocenters. The molecule has 0 aliphatic heterocycles. The minimum atomic E-state index is -0.459. The highest BCUT2D eigenvalue weighted by Gasteiger charge is 2.10. The average molecular weight is 337 g/mol. The Labute approximate surface area is 124 Å². The van der Waals surface area contributed by atoms with Crippen LogP contribution in [-0.4, -0.2) is 4.92 Å². The minimum absolute atomic E-state index is 0.0319. The Morgan fingerprint density at radius 3 is 2.55 bits per heavy atom. The van der Waals surface area contributed by atoms with Crippen molar-refractivity contribution in [1.82, 2.24) is 0 Å². The SMILES string of the molecule is Cc1ccc(Br)cc1Nc1cc(NN)cc([N+](=O)[O-])c1. The summed E-state index contributed by atoms with van der Waals surface area (Å²) < 4.78 is 0.924. The number of rotatable bonds is 4. The number of hydrogen-bond donors (Lipinski definition) is 3. The second-order valence-electron chi connectivity index (χ2n) is 4.25. The molecule has 0 atom stereocenters. The first-order valence-electron chi connectivity index (χ1n) is 5.79. The van der Waals surface area contributed by atoms with Gasteiger partial charge in [-0.3, -0.25) is 16.0 Å². The summed E-state index contributed by atoms with van der Waals surface area (Å²) in [5.74, 6) is 5.33. The van der Waals surface area contributed by atoms with E-state index in [-0.39, 0.29) is 5.69 Å². The van der Waals surface area contributed by atoms with E-state index in [4.69, 9.17) is 5.84 Å². The van der Waals surface area contributed by atoms with Crippen LogP contribution in [0, 0.1) is 17.0 Å². The minimum Gasteiger partial charge on any atom is -0.355 e. The maximum atomic E-state index is 10.9. The van der Waals surface area contributed by atoms with Crippen molar-refractivity contribution in [3.8, 4) is 0 Å². The topological polar surface area (TPSA) is 93.2 Å². The Hall–Kier alpha value is -2.12. The molecule has 0 bridgehead atoms. The first-order chi connectivity index (χ1) is 9.49. The van der Waals surface area contributed by atoms with Gasteiger partial charge in [0.05, 0.1) is 10.6 Å². The zero-order chi connectivity index (χ0) is 14.7. The number of nitro benzene ring substituents is 1. The van der Waals surface area contributed by atoms with Crippen LogP contribution in [-0.2, 0) is 0 Å². The van der Waals surface area contributed by atoms with Gasteiger partial charge in [-0.2, -0.15) is 0 Å². The monoisotopic (exact) mass is 336 g/mol. The van der Waals surface area contributed by atoms with E-state index in [2.05, 4.69) is 26.7 Å². The average Bonchev–Trinajstić information content (AvgIpc) is 2.42. The van der Waals surface area contributed by atoms with Gasteiger partial charge in [-0.25, -0.2) is 0 Å². The van der Waals surface area contributed by atoms with Crippen molar-refractivity contribution < 1.29 is 4.92 Å². The molecule has 2 aromatic rings. The van der Waals surface area contributed by atoms with Crippen molar-refractivity contribution in [1.29, 1.82) is 0 Å². The molecule has 6 nitrogen and oxygen atoms in total. The standard InChI is InChI=1S/C13H13BrN4O2/c1-8-2-3-9(14)4-13(8)16-10-5-11(17-15)7-12(6-10)18(19)20/h2-7,16-17H,15H2,1H3. The van der Waals surface area contributed by atoms with E-state index >= 15 is 0 Å². The van der Waals surface area contributed by atoms with Gasteiger partial charge < -0.3 is 10.7 Å². The molecule has 2 aromatic carbocycles. The molecule has 0 aliphatic carbocycles. The number of aryl methyl sites for hydroxylation is 1. The Bertz CT molecular complexity index is 661. The predicted molar refractivity (Wildman–Crippen MR) is 83.1 cm³/mol. The molecule has 0 saturated heterocycles. The lowest BCUT2D eigenvalue weighted by molar-refractivity contribution is -0.384. The van der Waals surface area contributed by atoms with Crippen LogP contribution in [0.2, 0.25) is 0 Å². The number of hydrazine groups is 1. The summed E-state index contributed by atoms with van der Waals surface area (Å²) in [6.45, 7) is 1.95. The number of benzene rings is 2. The number of nitrogens with one attached hydrogen (secondary N) is 2. The fourth-order valence-corrected chi connectivity index (χ4v) is 2.12. The Morgan fingerprint density at radius 2 is 1.90 bits per heavy atom. The number of nitrogens with two attached hydrogens (primary N) is 1. The number of nitrogen functional groups attached to an aromatic ring is 1. The number of nitro groups is 1. The van der Waals surface area contributed by atoms with E-state index in [1.54, 1.807) is 6.07 Å². The molecular weight excluding hydrogens is 324 g/mol. The molecule has 0 aromatic heterocycles. The van der Waals surface area contributed by atoms with Crippen LogP contribution in [0.15, 0.2) is 40.9 Å². The summed E-state index contributed by atoms with van der Waals surface area (Å²) >= 11 is 3.39. The lowest BCUT2D eigenvalue weighted by Crippen LogP contribution is -2.07. The van der Waals surface area contributed by atoms with E-state index in [1.165, 1.54) is 12.1 Å². The number of halogens is 1. The Kier molecular flexibility index (Phi) is 4.21. The largest absolute Gasteiger partial charge is 0.355 e. The van der Waals surface area contributed by atoms with Crippen LogP contribution in [0.4, 0.5) is 22.7 Å². The van der Waals surface area contributed by atoms with Gasteiger partial charge in [0.1, 0.15) is 0 Å². The molecule has 0 aliphatic rings. The molecule has 0 heterocycles. The summed E-state index contributed by atoms with van der Waals surface area (Å²) in [6.07, 6.45) is 0. The van der Waals surface area contributed by atoms with E-state index < -0.39 is 4.92 Å². The second kappa shape index (κ2) is 5.89. The molecular formula is C13H13BrN4O2. The zero-order valence-electron chi connectivity index (χ0n) is 10.7. The molecule has 0 amide bonds. The van der Waals surface area contributed by atoms with Crippen LogP contribution >= 0.6 is 15.9 Å². The van der Waals surface area contributed by atoms with Gasteiger partial charge in [-0.15, -0.1) is 0 Å². The van der Waals surface area contributed by atoms with Crippen LogP contribution in [0.1, 0.15) is 5.56 Å². The Balaban J connectivity index is 2.39. The Morgan fingerprint density at radius 1 is 1.20 bits per heavy atom. The highest BCUT2D eigenvalue weighted by atomic mass is 79.9. The molecule has 0 fully saturated rings. The predicted octanol–water partition coefficient (Wildman–Crippen LogP) is 3.69. The fraction of sp³-hybridized carbons (Fsp3) is 0.0769. The van der Waals surface area contributed by atoms with Crippen molar-refractivity contribution in [2.24, 2.45) is 5.84 Å². The van der Waals surface area contributed by atoms with Crippen LogP contribution in [0.3, 0.4) is 0 Å². The molecule has 0 spiro atoms. The summed E-state index contributed by atoms with van der Waals surface area (Å²) in [5, 5.41) is 14.0. The lowest BCUT2D eigenvalue weighted by Gasteiger charge is -2.11. The van der Waals surface area contributed by atoms with Crippen molar-refractivity contribution in [2.75, 3.05) is 10.7 Å². The van der Waals surface area contributed by atoms with Gasteiger partial charge in [0.25, 0.3) is 5.69 Å². The molecule has 2 rings (SSSR count). The van der Waals surface area contributed by atoms with Crippen molar-refractivity contribution in [3.05, 3.63) is 56.5 Å². The molecule has 0 radical (unpaired) electrons. The van der Waals surface area contributed by atoms with Gasteiger partial charge in [-0.05, 0) is 30.7 Å². The van der Waals surface area contributed by atoms with Gasteiger partial charge in [0.2, 0.25) is 0 Å². The normalized spacial score (nSPS) is 10.2. The summed E-state index contributed by atoms with van der Waals surface area (Å²) in [4.78, 5) is 10.4. The number of non-ortho nitro benzene ring substituents is 1. The third kappa shape index (κ3) is 3.25.